The predicted octanol–water partition coefficient (Wildman–Crippen LogP) is 4.56. The zero-order valence-electron chi connectivity index (χ0n) is 17.2. The molecule has 0 aliphatic heterocycles. The molecule has 0 aliphatic rings. The molecule has 1 heterocycles. The lowest BCUT2D eigenvalue weighted by Crippen LogP contribution is -2.06. The van der Waals surface area contributed by atoms with Crippen molar-refractivity contribution in [3.63, 3.8) is 0 Å². The fourth-order valence-electron chi connectivity index (χ4n) is 2.83. The molecular formula is C22H26N4O3. The van der Waals surface area contributed by atoms with E-state index in [0.717, 1.165) is 28.5 Å². The van der Waals surface area contributed by atoms with E-state index in [0.29, 0.717) is 30.6 Å². The zero-order valence-corrected chi connectivity index (χ0v) is 17.2. The van der Waals surface area contributed by atoms with Gasteiger partial charge in [0.2, 0.25) is 5.95 Å². The number of aromatic nitrogens is 2. The second kappa shape index (κ2) is 9.64. The predicted molar refractivity (Wildman–Crippen MR) is 115 cm³/mol. The normalized spacial score (nSPS) is 10.3. The molecule has 0 amide bonds. The Morgan fingerprint density at radius 1 is 0.897 bits per heavy atom. The van der Waals surface area contributed by atoms with E-state index < -0.39 is 0 Å². The highest BCUT2D eigenvalue weighted by molar-refractivity contribution is 5.58. The van der Waals surface area contributed by atoms with Gasteiger partial charge in [-0.15, -0.1) is 0 Å². The minimum Gasteiger partial charge on any atom is -0.494 e. The summed E-state index contributed by atoms with van der Waals surface area (Å²) in [7, 11) is 3.24. The van der Waals surface area contributed by atoms with Gasteiger partial charge in [-0.05, 0) is 55.8 Å². The van der Waals surface area contributed by atoms with Crippen LogP contribution in [0.15, 0.2) is 48.5 Å². The molecule has 29 heavy (non-hydrogen) atoms. The quantitative estimate of drug-likeness (QED) is 0.551. The van der Waals surface area contributed by atoms with Gasteiger partial charge in [0.25, 0.3) is 0 Å². The monoisotopic (exact) mass is 394 g/mol. The fourth-order valence-corrected chi connectivity index (χ4v) is 2.83. The second-order valence-corrected chi connectivity index (χ2v) is 6.34. The van der Waals surface area contributed by atoms with E-state index in [-0.39, 0.29) is 0 Å². The molecule has 0 unspecified atom stereocenters. The summed E-state index contributed by atoms with van der Waals surface area (Å²) in [5.41, 5.74) is 2.83. The van der Waals surface area contributed by atoms with E-state index >= 15 is 0 Å². The van der Waals surface area contributed by atoms with Crippen molar-refractivity contribution >= 4 is 17.5 Å². The van der Waals surface area contributed by atoms with Gasteiger partial charge in [0.15, 0.2) is 11.5 Å². The topological polar surface area (TPSA) is 77.5 Å². The average Bonchev–Trinajstić information content (AvgIpc) is 2.73. The van der Waals surface area contributed by atoms with Crippen molar-refractivity contribution in [2.24, 2.45) is 0 Å². The lowest BCUT2D eigenvalue weighted by atomic mass is 10.2. The van der Waals surface area contributed by atoms with Crippen LogP contribution >= 0.6 is 0 Å². The van der Waals surface area contributed by atoms with Crippen molar-refractivity contribution in [2.75, 3.05) is 31.5 Å². The lowest BCUT2D eigenvalue weighted by molar-refractivity contribution is 0.340. The van der Waals surface area contributed by atoms with Crippen molar-refractivity contribution in [1.29, 1.82) is 0 Å². The highest BCUT2D eigenvalue weighted by atomic mass is 16.5. The van der Waals surface area contributed by atoms with Crippen molar-refractivity contribution in [3.8, 4) is 17.2 Å². The smallest absolute Gasteiger partial charge is 0.225 e. The third-order valence-corrected chi connectivity index (χ3v) is 4.19. The van der Waals surface area contributed by atoms with Crippen molar-refractivity contribution in [1.82, 2.24) is 9.97 Å². The van der Waals surface area contributed by atoms with Gasteiger partial charge < -0.3 is 24.8 Å². The lowest BCUT2D eigenvalue weighted by Gasteiger charge is -2.12. The number of rotatable bonds is 9. The maximum Gasteiger partial charge on any atom is 0.225 e. The van der Waals surface area contributed by atoms with Gasteiger partial charge in [-0.2, -0.15) is 4.98 Å². The molecule has 7 nitrogen and oxygen atoms in total. The SMILES string of the molecule is CCOc1ccc(Nc2cc(C)nc(NCc3ccc(OC)c(OC)c3)n2)cc1. The molecule has 2 aromatic carbocycles. The first-order valence-corrected chi connectivity index (χ1v) is 9.41. The number of anilines is 3. The van der Waals surface area contributed by atoms with Gasteiger partial charge in [0.1, 0.15) is 11.6 Å². The molecule has 1 aromatic heterocycles. The van der Waals surface area contributed by atoms with Gasteiger partial charge in [-0.25, -0.2) is 4.98 Å². The largest absolute Gasteiger partial charge is 0.494 e. The Balaban J connectivity index is 1.69. The summed E-state index contributed by atoms with van der Waals surface area (Å²) in [5.74, 6) is 3.50. The van der Waals surface area contributed by atoms with Crippen LogP contribution in [0.4, 0.5) is 17.5 Å². The number of hydrogen-bond donors (Lipinski definition) is 2. The summed E-state index contributed by atoms with van der Waals surface area (Å²) in [4.78, 5) is 9.03. The Hall–Kier alpha value is -3.48. The Labute approximate surface area is 171 Å². The van der Waals surface area contributed by atoms with E-state index in [1.165, 1.54) is 0 Å². The molecule has 0 radical (unpaired) electrons. The number of methoxy groups -OCH3 is 2. The maximum absolute atomic E-state index is 5.47. The Morgan fingerprint density at radius 3 is 2.34 bits per heavy atom. The molecule has 152 valence electrons. The summed E-state index contributed by atoms with van der Waals surface area (Å²) in [6, 6.07) is 15.5. The van der Waals surface area contributed by atoms with Crippen LogP contribution in [0.3, 0.4) is 0 Å². The van der Waals surface area contributed by atoms with Crippen molar-refractivity contribution < 1.29 is 14.2 Å². The van der Waals surface area contributed by atoms with Crippen molar-refractivity contribution in [3.05, 3.63) is 59.8 Å². The summed E-state index contributed by atoms with van der Waals surface area (Å²) in [6.45, 7) is 5.11. The van der Waals surface area contributed by atoms with E-state index in [1.807, 2.05) is 62.4 Å². The molecule has 0 bridgehead atoms. The number of aryl methyl sites for hydroxylation is 1. The minimum atomic E-state index is 0.549. The van der Waals surface area contributed by atoms with Crippen LogP contribution in [-0.2, 0) is 6.54 Å². The Morgan fingerprint density at radius 2 is 1.66 bits per heavy atom. The number of benzene rings is 2. The molecular weight excluding hydrogens is 368 g/mol. The molecule has 0 saturated carbocycles. The van der Waals surface area contributed by atoms with Crippen LogP contribution in [0.1, 0.15) is 18.2 Å². The number of nitrogens with one attached hydrogen (secondary N) is 2. The second-order valence-electron chi connectivity index (χ2n) is 6.34. The molecule has 0 spiro atoms. The van der Waals surface area contributed by atoms with E-state index in [1.54, 1.807) is 14.2 Å². The van der Waals surface area contributed by atoms with Crippen LogP contribution in [0.5, 0.6) is 17.2 Å². The summed E-state index contributed by atoms with van der Waals surface area (Å²) >= 11 is 0. The van der Waals surface area contributed by atoms with Crippen LogP contribution < -0.4 is 24.8 Å². The summed E-state index contributed by atoms with van der Waals surface area (Å²) in [6.07, 6.45) is 0. The number of hydrogen-bond acceptors (Lipinski definition) is 7. The zero-order chi connectivity index (χ0) is 20.6. The minimum absolute atomic E-state index is 0.549. The van der Waals surface area contributed by atoms with Gasteiger partial charge in [0, 0.05) is 24.0 Å². The Bertz CT molecular complexity index is 945. The fraction of sp³-hybridized carbons (Fsp3) is 0.273. The molecule has 2 N–H and O–H groups in total. The molecule has 7 heteroatoms. The number of ether oxygens (including phenoxy) is 3. The first-order chi connectivity index (χ1) is 14.1. The van der Waals surface area contributed by atoms with Crippen LogP contribution in [0, 0.1) is 6.92 Å². The highest BCUT2D eigenvalue weighted by Gasteiger charge is 2.07. The maximum atomic E-state index is 5.47. The molecule has 3 rings (SSSR count). The first kappa shape index (κ1) is 20.3. The Kier molecular flexibility index (Phi) is 6.73. The third kappa shape index (κ3) is 5.51. The standard InChI is InChI=1S/C22H26N4O3/c1-5-29-18-9-7-17(8-10-18)25-21-12-15(2)24-22(26-21)23-14-16-6-11-19(27-3)20(13-16)28-4/h6-13H,5,14H2,1-4H3,(H2,23,24,25,26). The molecule has 0 saturated heterocycles. The van der Waals surface area contributed by atoms with E-state index in [2.05, 4.69) is 20.6 Å². The third-order valence-electron chi connectivity index (χ3n) is 4.19. The van der Waals surface area contributed by atoms with Gasteiger partial charge in [-0.3, -0.25) is 0 Å². The number of nitrogens with zero attached hydrogens (tertiary/aromatic N) is 2. The van der Waals surface area contributed by atoms with Gasteiger partial charge >= 0.3 is 0 Å². The average molecular weight is 394 g/mol. The molecule has 0 aliphatic carbocycles. The summed E-state index contributed by atoms with van der Waals surface area (Å²) < 4.78 is 16.1. The molecule has 3 aromatic rings. The van der Waals surface area contributed by atoms with Crippen LogP contribution in [0.2, 0.25) is 0 Å². The van der Waals surface area contributed by atoms with Crippen LogP contribution in [-0.4, -0.2) is 30.8 Å². The highest BCUT2D eigenvalue weighted by Crippen LogP contribution is 2.28. The first-order valence-electron chi connectivity index (χ1n) is 9.41. The molecule has 0 atom stereocenters. The molecule has 0 fully saturated rings. The summed E-state index contributed by atoms with van der Waals surface area (Å²) in [5, 5.41) is 6.57. The van der Waals surface area contributed by atoms with Gasteiger partial charge in [-0.1, -0.05) is 6.07 Å². The van der Waals surface area contributed by atoms with Crippen LogP contribution in [0.25, 0.3) is 0 Å². The van der Waals surface area contributed by atoms with E-state index in [9.17, 15) is 0 Å². The van der Waals surface area contributed by atoms with Crippen molar-refractivity contribution in [2.45, 2.75) is 20.4 Å². The van der Waals surface area contributed by atoms with E-state index in [4.69, 9.17) is 14.2 Å². The van der Waals surface area contributed by atoms with Gasteiger partial charge in [0.05, 0.1) is 20.8 Å².